The highest BCUT2D eigenvalue weighted by Gasteiger charge is 2.01. The molecule has 3 rings (SSSR count). The Bertz CT molecular complexity index is 623. The van der Waals surface area contributed by atoms with Crippen molar-refractivity contribution in [2.24, 2.45) is 0 Å². The molecule has 0 spiro atoms. The van der Waals surface area contributed by atoms with E-state index in [0.717, 1.165) is 10.8 Å². The minimum Gasteiger partial charge on any atom is -0.207 e. The Morgan fingerprint density at radius 1 is 0.750 bits per heavy atom. The zero-order valence-corrected chi connectivity index (χ0v) is 9.00. The van der Waals surface area contributed by atoms with Gasteiger partial charge in [-0.2, -0.15) is 0 Å². The highest BCUT2D eigenvalue weighted by atomic mass is 19.1. The van der Waals surface area contributed by atoms with E-state index in [2.05, 4.69) is 25.1 Å². The quantitative estimate of drug-likeness (QED) is 0.481. The van der Waals surface area contributed by atoms with E-state index in [1.54, 1.807) is 6.07 Å². The summed E-state index contributed by atoms with van der Waals surface area (Å²) in [6, 6.07) is 15.3. The molecule has 78 valence electrons. The molecule has 0 fully saturated rings. The molecular formula is C15H11F. The molecule has 0 heterocycles. The Balaban J connectivity index is 2.50. The predicted molar refractivity (Wildman–Crippen MR) is 66.1 cm³/mol. The lowest BCUT2D eigenvalue weighted by molar-refractivity contribution is 0.630. The summed E-state index contributed by atoms with van der Waals surface area (Å²) in [4.78, 5) is 0. The number of rotatable bonds is 0. The smallest absolute Gasteiger partial charge is 0.123 e. The van der Waals surface area contributed by atoms with Crippen molar-refractivity contribution in [1.29, 1.82) is 0 Å². The molecule has 0 saturated carbocycles. The van der Waals surface area contributed by atoms with Gasteiger partial charge in [0.25, 0.3) is 0 Å². The van der Waals surface area contributed by atoms with E-state index in [1.165, 1.54) is 22.4 Å². The molecule has 0 atom stereocenters. The van der Waals surface area contributed by atoms with Crippen LogP contribution in [0.2, 0.25) is 0 Å². The molecule has 0 aliphatic heterocycles. The summed E-state index contributed by atoms with van der Waals surface area (Å²) in [6.45, 7) is 2.08. The van der Waals surface area contributed by atoms with Crippen molar-refractivity contribution < 1.29 is 4.39 Å². The molecule has 0 amide bonds. The fraction of sp³-hybridized carbons (Fsp3) is 0.0667. The predicted octanol–water partition coefficient (Wildman–Crippen LogP) is 4.44. The fourth-order valence-corrected chi connectivity index (χ4v) is 2.16. The first-order valence-electron chi connectivity index (χ1n) is 5.33. The van der Waals surface area contributed by atoms with Gasteiger partial charge in [0.15, 0.2) is 0 Å². The Morgan fingerprint density at radius 3 is 2.12 bits per heavy atom. The highest BCUT2D eigenvalue weighted by molar-refractivity contribution is 6.07. The Morgan fingerprint density at radius 2 is 1.38 bits per heavy atom. The first kappa shape index (κ1) is 9.34. The van der Waals surface area contributed by atoms with Gasteiger partial charge in [-0.15, -0.1) is 0 Å². The summed E-state index contributed by atoms with van der Waals surface area (Å²) >= 11 is 0. The molecule has 0 aromatic heterocycles. The second kappa shape index (κ2) is 3.31. The minimum atomic E-state index is -0.182. The van der Waals surface area contributed by atoms with Gasteiger partial charge < -0.3 is 0 Å². The van der Waals surface area contributed by atoms with E-state index in [4.69, 9.17) is 0 Å². The molecular weight excluding hydrogens is 199 g/mol. The SMILES string of the molecule is Cc1ccc2c(ccc3cc(F)ccc32)c1. The summed E-state index contributed by atoms with van der Waals surface area (Å²) in [5.74, 6) is -0.182. The third kappa shape index (κ3) is 1.36. The number of fused-ring (bicyclic) bond motifs is 3. The van der Waals surface area contributed by atoms with Crippen molar-refractivity contribution in [3.05, 3.63) is 59.9 Å². The van der Waals surface area contributed by atoms with Crippen molar-refractivity contribution >= 4 is 21.5 Å². The molecule has 3 aromatic rings. The van der Waals surface area contributed by atoms with Gasteiger partial charge in [0.1, 0.15) is 5.82 Å². The van der Waals surface area contributed by atoms with Crippen LogP contribution in [-0.2, 0) is 0 Å². The molecule has 16 heavy (non-hydrogen) atoms. The summed E-state index contributed by atoms with van der Waals surface area (Å²) < 4.78 is 13.1. The largest absolute Gasteiger partial charge is 0.207 e. The zero-order chi connectivity index (χ0) is 11.1. The van der Waals surface area contributed by atoms with Gasteiger partial charge in [0.05, 0.1) is 0 Å². The van der Waals surface area contributed by atoms with Crippen LogP contribution in [-0.4, -0.2) is 0 Å². The minimum absolute atomic E-state index is 0.182. The van der Waals surface area contributed by atoms with E-state index < -0.39 is 0 Å². The summed E-state index contributed by atoms with van der Waals surface area (Å²) in [7, 11) is 0. The van der Waals surface area contributed by atoms with E-state index in [-0.39, 0.29) is 5.82 Å². The Labute approximate surface area is 93.3 Å². The third-order valence-electron chi connectivity index (χ3n) is 2.95. The monoisotopic (exact) mass is 210 g/mol. The van der Waals surface area contributed by atoms with Crippen molar-refractivity contribution in [3.63, 3.8) is 0 Å². The maximum atomic E-state index is 13.1. The van der Waals surface area contributed by atoms with Crippen LogP contribution in [0.3, 0.4) is 0 Å². The van der Waals surface area contributed by atoms with Gasteiger partial charge in [0, 0.05) is 0 Å². The van der Waals surface area contributed by atoms with Crippen LogP contribution in [0.25, 0.3) is 21.5 Å². The second-order valence-electron chi connectivity index (χ2n) is 4.16. The van der Waals surface area contributed by atoms with Gasteiger partial charge in [-0.25, -0.2) is 4.39 Å². The van der Waals surface area contributed by atoms with Crippen LogP contribution in [0, 0.1) is 12.7 Å². The molecule has 1 heteroatoms. The average Bonchev–Trinajstić information content (AvgIpc) is 2.28. The number of benzene rings is 3. The molecule has 0 aliphatic carbocycles. The molecule has 0 radical (unpaired) electrons. The summed E-state index contributed by atoms with van der Waals surface area (Å²) in [5.41, 5.74) is 1.24. The topological polar surface area (TPSA) is 0 Å². The number of hydrogen-bond acceptors (Lipinski definition) is 0. The van der Waals surface area contributed by atoms with Gasteiger partial charge in [-0.1, -0.05) is 42.0 Å². The molecule has 0 saturated heterocycles. The molecule has 0 bridgehead atoms. The van der Waals surface area contributed by atoms with Crippen LogP contribution >= 0.6 is 0 Å². The van der Waals surface area contributed by atoms with Crippen LogP contribution < -0.4 is 0 Å². The number of aryl methyl sites for hydroxylation is 1. The Kier molecular flexibility index (Phi) is 1.93. The summed E-state index contributed by atoms with van der Waals surface area (Å²) in [6.07, 6.45) is 0. The van der Waals surface area contributed by atoms with Crippen molar-refractivity contribution in [3.8, 4) is 0 Å². The van der Waals surface area contributed by atoms with E-state index >= 15 is 0 Å². The van der Waals surface area contributed by atoms with E-state index in [1.807, 2.05) is 18.2 Å². The van der Waals surface area contributed by atoms with Crippen LogP contribution in [0.4, 0.5) is 4.39 Å². The molecule has 0 unspecified atom stereocenters. The van der Waals surface area contributed by atoms with Crippen molar-refractivity contribution in [1.82, 2.24) is 0 Å². The van der Waals surface area contributed by atoms with E-state index in [9.17, 15) is 4.39 Å². The molecule has 0 aliphatic rings. The first-order chi connectivity index (χ1) is 7.74. The lowest BCUT2D eigenvalue weighted by Gasteiger charge is -2.04. The zero-order valence-electron chi connectivity index (χ0n) is 9.00. The van der Waals surface area contributed by atoms with E-state index in [0.29, 0.717) is 0 Å². The molecule has 3 aromatic carbocycles. The van der Waals surface area contributed by atoms with Gasteiger partial charge in [-0.05, 0) is 40.6 Å². The number of halogens is 1. The van der Waals surface area contributed by atoms with Gasteiger partial charge >= 0.3 is 0 Å². The average molecular weight is 210 g/mol. The van der Waals surface area contributed by atoms with Crippen LogP contribution in [0.15, 0.2) is 48.5 Å². The highest BCUT2D eigenvalue weighted by Crippen LogP contribution is 2.26. The fourth-order valence-electron chi connectivity index (χ4n) is 2.16. The van der Waals surface area contributed by atoms with Crippen molar-refractivity contribution in [2.75, 3.05) is 0 Å². The number of hydrogen-bond donors (Lipinski definition) is 0. The summed E-state index contributed by atoms with van der Waals surface area (Å²) in [5, 5.41) is 4.46. The van der Waals surface area contributed by atoms with Crippen LogP contribution in [0.1, 0.15) is 5.56 Å². The maximum Gasteiger partial charge on any atom is 0.123 e. The Hall–Kier alpha value is -1.89. The lowest BCUT2D eigenvalue weighted by atomic mass is 10.0. The third-order valence-corrected chi connectivity index (χ3v) is 2.95. The van der Waals surface area contributed by atoms with Gasteiger partial charge in [-0.3, -0.25) is 0 Å². The second-order valence-corrected chi connectivity index (χ2v) is 4.16. The normalized spacial score (nSPS) is 11.1. The lowest BCUT2D eigenvalue weighted by Crippen LogP contribution is -1.80. The van der Waals surface area contributed by atoms with Crippen molar-refractivity contribution in [2.45, 2.75) is 6.92 Å². The van der Waals surface area contributed by atoms with Crippen LogP contribution in [0.5, 0.6) is 0 Å². The standard InChI is InChI=1S/C15H11F/c1-10-2-6-14-11(8-10)3-4-12-9-13(16)5-7-15(12)14/h2-9H,1H3. The molecule has 0 N–H and O–H groups in total. The molecule has 0 nitrogen and oxygen atoms in total. The maximum absolute atomic E-state index is 13.1. The van der Waals surface area contributed by atoms with Gasteiger partial charge in [0.2, 0.25) is 0 Å². The first-order valence-corrected chi connectivity index (χ1v) is 5.33.